The topological polar surface area (TPSA) is 41.4 Å². The SMILES string of the molecule is Cc1ccccc1-n1ncc(C(=O)N2CCN3CCC2C3)c1C(F)F. The zero-order valence-corrected chi connectivity index (χ0v) is 14.0. The van der Waals surface area contributed by atoms with Crippen molar-refractivity contribution in [3.8, 4) is 5.69 Å². The smallest absolute Gasteiger partial charge is 0.281 e. The number of aryl methyl sites for hydroxylation is 1. The summed E-state index contributed by atoms with van der Waals surface area (Å²) in [6, 6.07) is 7.31. The predicted molar refractivity (Wildman–Crippen MR) is 89.1 cm³/mol. The Morgan fingerprint density at radius 3 is 2.80 bits per heavy atom. The number of rotatable bonds is 3. The first-order valence-electron chi connectivity index (χ1n) is 8.51. The van der Waals surface area contributed by atoms with Crippen molar-refractivity contribution in [1.29, 1.82) is 0 Å². The molecule has 7 heteroatoms. The number of hydrogen-bond acceptors (Lipinski definition) is 3. The van der Waals surface area contributed by atoms with E-state index in [1.54, 1.807) is 17.0 Å². The van der Waals surface area contributed by atoms with Crippen LogP contribution in [-0.2, 0) is 0 Å². The third-order valence-corrected chi connectivity index (χ3v) is 5.19. The Bertz CT molecular complexity index is 804. The van der Waals surface area contributed by atoms with E-state index in [2.05, 4.69) is 10.00 Å². The monoisotopic (exact) mass is 346 g/mol. The van der Waals surface area contributed by atoms with Gasteiger partial charge in [-0.1, -0.05) is 18.2 Å². The van der Waals surface area contributed by atoms with E-state index in [-0.39, 0.29) is 23.2 Å². The molecule has 1 aromatic heterocycles. The molecule has 25 heavy (non-hydrogen) atoms. The van der Waals surface area contributed by atoms with Crippen LogP contribution in [-0.4, -0.2) is 57.7 Å². The van der Waals surface area contributed by atoms with Gasteiger partial charge in [-0.3, -0.25) is 9.69 Å². The van der Waals surface area contributed by atoms with E-state index >= 15 is 0 Å². The van der Waals surface area contributed by atoms with Gasteiger partial charge in [0.15, 0.2) is 0 Å². The minimum atomic E-state index is -2.77. The number of para-hydroxylation sites is 1. The number of benzene rings is 1. The first kappa shape index (κ1) is 16.2. The summed E-state index contributed by atoms with van der Waals surface area (Å²) in [5.41, 5.74) is 1.09. The molecule has 2 aliphatic heterocycles. The number of nitrogens with zero attached hydrogens (tertiary/aromatic N) is 4. The second kappa shape index (κ2) is 6.22. The Hall–Kier alpha value is -2.28. The molecule has 2 aromatic rings. The van der Waals surface area contributed by atoms with Crippen molar-refractivity contribution < 1.29 is 13.6 Å². The number of alkyl halides is 2. The average molecular weight is 346 g/mol. The Kier molecular flexibility index (Phi) is 4.03. The standard InChI is InChI=1S/C18H20F2N4O/c1-12-4-2-3-5-15(12)24-16(17(19)20)14(10-21-24)18(25)23-9-8-22-7-6-13(23)11-22/h2-5,10,13,17H,6-9,11H2,1H3. The highest BCUT2D eigenvalue weighted by atomic mass is 19.3. The van der Waals surface area contributed by atoms with E-state index in [1.807, 2.05) is 19.1 Å². The molecule has 2 aliphatic rings. The molecule has 2 fully saturated rings. The number of aromatic nitrogens is 2. The van der Waals surface area contributed by atoms with Crippen LogP contribution in [0.4, 0.5) is 8.78 Å². The molecular weight excluding hydrogens is 326 g/mol. The summed E-state index contributed by atoms with van der Waals surface area (Å²) in [6.07, 6.45) is -0.579. The highest BCUT2D eigenvalue weighted by molar-refractivity contribution is 5.95. The van der Waals surface area contributed by atoms with Crippen LogP contribution < -0.4 is 0 Å². The van der Waals surface area contributed by atoms with Gasteiger partial charge in [0.1, 0.15) is 5.69 Å². The van der Waals surface area contributed by atoms with Crippen LogP contribution in [0.25, 0.3) is 5.69 Å². The number of piperazine rings is 1. The fourth-order valence-corrected chi connectivity index (χ4v) is 3.85. The lowest BCUT2D eigenvalue weighted by molar-refractivity contribution is 0.0598. The Morgan fingerprint density at radius 2 is 2.04 bits per heavy atom. The van der Waals surface area contributed by atoms with Gasteiger partial charge in [-0.15, -0.1) is 0 Å². The van der Waals surface area contributed by atoms with Gasteiger partial charge >= 0.3 is 0 Å². The quantitative estimate of drug-likeness (QED) is 0.858. The van der Waals surface area contributed by atoms with Gasteiger partial charge in [0.05, 0.1) is 17.4 Å². The third-order valence-electron chi connectivity index (χ3n) is 5.19. The molecule has 1 aromatic carbocycles. The largest absolute Gasteiger partial charge is 0.333 e. The van der Waals surface area contributed by atoms with Crippen LogP contribution in [0.5, 0.6) is 0 Å². The van der Waals surface area contributed by atoms with Crippen molar-refractivity contribution >= 4 is 5.91 Å². The molecule has 4 rings (SSSR count). The number of fused-ring (bicyclic) bond motifs is 2. The fraction of sp³-hybridized carbons (Fsp3) is 0.444. The molecule has 5 nitrogen and oxygen atoms in total. The molecule has 2 saturated heterocycles. The lowest BCUT2D eigenvalue weighted by Crippen LogP contribution is -2.49. The molecule has 0 spiro atoms. The summed E-state index contributed by atoms with van der Waals surface area (Å²) in [6.45, 7) is 5.03. The lowest BCUT2D eigenvalue weighted by atomic mass is 10.1. The molecule has 1 amide bonds. The molecule has 2 atom stereocenters. The van der Waals surface area contributed by atoms with Gasteiger partial charge < -0.3 is 4.90 Å². The minimum absolute atomic E-state index is 0.0126. The number of amides is 1. The Morgan fingerprint density at radius 1 is 1.24 bits per heavy atom. The second-order valence-corrected chi connectivity index (χ2v) is 6.68. The van der Waals surface area contributed by atoms with Gasteiger partial charge in [-0.25, -0.2) is 13.5 Å². The van der Waals surface area contributed by atoms with Crippen molar-refractivity contribution in [3.63, 3.8) is 0 Å². The van der Waals surface area contributed by atoms with Gasteiger partial charge in [-0.05, 0) is 25.0 Å². The molecule has 3 heterocycles. The highest BCUT2D eigenvalue weighted by Crippen LogP contribution is 2.30. The number of hydrogen-bond donors (Lipinski definition) is 0. The molecule has 0 saturated carbocycles. The van der Waals surface area contributed by atoms with Gasteiger partial charge in [0, 0.05) is 32.2 Å². The van der Waals surface area contributed by atoms with Crippen LogP contribution in [0.2, 0.25) is 0 Å². The molecule has 132 valence electrons. The van der Waals surface area contributed by atoms with Crippen molar-refractivity contribution in [2.45, 2.75) is 25.8 Å². The van der Waals surface area contributed by atoms with E-state index in [0.717, 1.165) is 31.6 Å². The first-order chi connectivity index (χ1) is 12.1. The average Bonchev–Trinajstić information content (AvgIpc) is 3.19. The normalized spacial score (nSPS) is 22.6. The van der Waals surface area contributed by atoms with Gasteiger partial charge in [0.25, 0.3) is 12.3 Å². The van der Waals surface area contributed by atoms with Gasteiger partial charge in [-0.2, -0.15) is 5.10 Å². The van der Waals surface area contributed by atoms with Crippen LogP contribution in [0, 0.1) is 6.92 Å². The fourth-order valence-electron chi connectivity index (χ4n) is 3.85. The first-order valence-corrected chi connectivity index (χ1v) is 8.51. The zero-order chi connectivity index (χ0) is 17.6. The van der Waals surface area contributed by atoms with Crippen LogP contribution in [0.3, 0.4) is 0 Å². The Balaban J connectivity index is 1.73. The van der Waals surface area contributed by atoms with Crippen molar-refractivity contribution in [2.24, 2.45) is 0 Å². The van der Waals surface area contributed by atoms with Crippen LogP contribution in [0.1, 0.15) is 34.5 Å². The Labute approximate surface area is 144 Å². The van der Waals surface area contributed by atoms with Crippen molar-refractivity contribution in [3.05, 3.63) is 47.3 Å². The molecule has 0 N–H and O–H groups in total. The third kappa shape index (κ3) is 2.72. The minimum Gasteiger partial charge on any atom is -0.333 e. The summed E-state index contributed by atoms with van der Waals surface area (Å²) in [5.74, 6) is -0.332. The summed E-state index contributed by atoms with van der Waals surface area (Å²) in [7, 11) is 0. The molecule has 0 radical (unpaired) electrons. The van der Waals surface area contributed by atoms with Crippen molar-refractivity contribution in [2.75, 3.05) is 26.2 Å². The maximum absolute atomic E-state index is 13.8. The summed E-state index contributed by atoms with van der Waals surface area (Å²) < 4.78 is 28.8. The van der Waals surface area contributed by atoms with Crippen LogP contribution >= 0.6 is 0 Å². The molecule has 2 unspecified atom stereocenters. The maximum atomic E-state index is 13.8. The number of carbonyl (C=O) groups is 1. The number of carbonyl (C=O) groups excluding carboxylic acids is 1. The van der Waals surface area contributed by atoms with E-state index in [4.69, 9.17) is 0 Å². The van der Waals surface area contributed by atoms with E-state index in [9.17, 15) is 13.6 Å². The highest BCUT2D eigenvalue weighted by Gasteiger charge is 2.37. The van der Waals surface area contributed by atoms with Gasteiger partial charge in [0.2, 0.25) is 0 Å². The van der Waals surface area contributed by atoms with E-state index in [1.165, 1.54) is 10.9 Å². The summed E-state index contributed by atoms with van der Waals surface area (Å²) in [5, 5.41) is 4.12. The van der Waals surface area contributed by atoms with Crippen LogP contribution in [0.15, 0.2) is 30.5 Å². The lowest BCUT2D eigenvalue weighted by Gasteiger charge is -2.34. The summed E-state index contributed by atoms with van der Waals surface area (Å²) in [4.78, 5) is 17.0. The maximum Gasteiger partial charge on any atom is 0.281 e. The molecular formula is C18H20F2N4O. The van der Waals surface area contributed by atoms with E-state index in [0.29, 0.717) is 12.2 Å². The van der Waals surface area contributed by atoms with E-state index < -0.39 is 6.43 Å². The predicted octanol–water partition coefficient (Wildman–Crippen LogP) is 2.65. The summed E-state index contributed by atoms with van der Waals surface area (Å²) >= 11 is 0. The molecule has 2 bridgehead atoms. The second-order valence-electron chi connectivity index (χ2n) is 6.68. The number of halogens is 2. The molecule has 0 aliphatic carbocycles. The van der Waals surface area contributed by atoms with Crippen molar-refractivity contribution in [1.82, 2.24) is 19.6 Å². The zero-order valence-electron chi connectivity index (χ0n) is 14.0.